The van der Waals surface area contributed by atoms with Crippen LogP contribution in [-0.2, 0) is 34.5 Å². The minimum Gasteiger partial charge on any atom is -0.351 e. The Kier molecular flexibility index (Phi) is 6.65. The first-order chi connectivity index (χ1) is 14.1. The molecule has 0 radical (unpaired) electrons. The van der Waals surface area contributed by atoms with E-state index in [0.29, 0.717) is 22.7 Å². The summed E-state index contributed by atoms with van der Waals surface area (Å²) in [4.78, 5) is 12.8. The molecule has 0 saturated carbocycles. The van der Waals surface area contributed by atoms with Crippen molar-refractivity contribution in [1.82, 2.24) is 9.88 Å². The second-order valence-corrected chi connectivity index (χ2v) is 9.21. The van der Waals surface area contributed by atoms with Crippen molar-refractivity contribution in [2.24, 2.45) is 7.05 Å². The first kappa shape index (κ1) is 22.1. The highest BCUT2D eigenvalue weighted by Crippen LogP contribution is 2.24. The van der Waals surface area contributed by atoms with E-state index in [1.807, 2.05) is 55.1 Å². The summed E-state index contributed by atoms with van der Waals surface area (Å²) in [7, 11) is -1.70. The minimum absolute atomic E-state index is 0.145. The molecule has 1 amide bonds. The number of hydrogen-bond acceptors (Lipinski definition) is 4. The van der Waals surface area contributed by atoms with E-state index in [1.165, 1.54) is 0 Å². The second kappa shape index (κ2) is 9.04. The van der Waals surface area contributed by atoms with E-state index in [9.17, 15) is 13.2 Å². The molecule has 2 aromatic carbocycles. The van der Waals surface area contributed by atoms with Crippen LogP contribution in [-0.4, -0.2) is 25.1 Å². The Balaban J connectivity index is 1.86. The average Bonchev–Trinajstić information content (AvgIpc) is 3.12. The zero-order valence-electron chi connectivity index (χ0n) is 17.0. The van der Waals surface area contributed by atoms with Gasteiger partial charge in [0, 0.05) is 36.1 Å². The Morgan fingerprint density at radius 3 is 2.53 bits per heavy atom. The molecule has 0 aliphatic carbocycles. The molecule has 0 aliphatic heterocycles. The van der Waals surface area contributed by atoms with Gasteiger partial charge >= 0.3 is 0 Å². The van der Waals surface area contributed by atoms with E-state index >= 15 is 0 Å². The molecule has 3 rings (SSSR count). The van der Waals surface area contributed by atoms with Gasteiger partial charge in [-0.15, -0.1) is 0 Å². The summed E-state index contributed by atoms with van der Waals surface area (Å²) in [6, 6.07) is 14.7. The summed E-state index contributed by atoms with van der Waals surface area (Å²) in [6.45, 7) is 2.11. The molecule has 30 heavy (non-hydrogen) atoms. The number of halogens is 1. The van der Waals surface area contributed by atoms with Crippen LogP contribution in [0.25, 0.3) is 11.3 Å². The molecule has 158 valence electrons. The van der Waals surface area contributed by atoms with Crippen LogP contribution in [0.2, 0.25) is 5.02 Å². The summed E-state index contributed by atoms with van der Waals surface area (Å²) in [5, 5.41) is 3.58. The van der Waals surface area contributed by atoms with Crippen LogP contribution in [0, 0.1) is 6.92 Å². The molecule has 1 aromatic heterocycles. The number of nitrogens with zero attached hydrogens (tertiary/aromatic N) is 1. The van der Waals surface area contributed by atoms with Crippen molar-refractivity contribution in [2.45, 2.75) is 20.1 Å². The Morgan fingerprint density at radius 1 is 1.13 bits per heavy atom. The summed E-state index contributed by atoms with van der Waals surface area (Å²) in [6.07, 6.45) is 2.90. The largest absolute Gasteiger partial charge is 0.351 e. The van der Waals surface area contributed by atoms with Gasteiger partial charge in [-0.25, -0.2) is 0 Å². The van der Waals surface area contributed by atoms with Gasteiger partial charge in [0.05, 0.1) is 12.9 Å². The van der Waals surface area contributed by atoms with Gasteiger partial charge in [0.1, 0.15) is 0 Å². The van der Waals surface area contributed by atoms with Gasteiger partial charge < -0.3 is 9.88 Å². The van der Waals surface area contributed by atoms with E-state index in [0.717, 1.165) is 28.6 Å². The number of amides is 1. The Labute approximate surface area is 181 Å². The maximum atomic E-state index is 12.8. The summed E-state index contributed by atoms with van der Waals surface area (Å²) in [5.41, 5.74) is 4.58. The molecule has 0 spiro atoms. The molecule has 0 atom stereocenters. The number of nitrogens with one attached hydrogen (secondary N) is 1. The fourth-order valence-electron chi connectivity index (χ4n) is 3.09. The zero-order chi connectivity index (χ0) is 21.9. The molecule has 0 saturated heterocycles. The topological polar surface area (TPSA) is 77.4 Å². The van der Waals surface area contributed by atoms with Crippen molar-refractivity contribution in [3.05, 3.63) is 82.0 Å². The molecular formula is C22H23ClN2O4S. The number of rotatable bonds is 7. The van der Waals surface area contributed by atoms with Gasteiger partial charge in [-0.1, -0.05) is 23.7 Å². The predicted molar refractivity (Wildman–Crippen MR) is 118 cm³/mol. The normalized spacial score (nSPS) is 11.5. The van der Waals surface area contributed by atoms with Crippen LogP contribution in [0.1, 0.15) is 27.0 Å². The third-order valence-electron chi connectivity index (χ3n) is 4.61. The average molecular weight is 447 g/mol. The fourth-order valence-corrected chi connectivity index (χ4v) is 3.56. The number of aryl methyl sites for hydroxylation is 2. The Bertz CT molecular complexity index is 1190. The number of aromatic nitrogens is 1. The first-order valence-electron chi connectivity index (χ1n) is 9.26. The van der Waals surface area contributed by atoms with Crippen LogP contribution in [0.3, 0.4) is 0 Å². The molecular weight excluding hydrogens is 424 g/mol. The standard InChI is InChI=1S/C22H23ClN2O4S/c1-15-9-16(6-7-20(15)23)13-24-22(26)19-11-17(14-29-30(3,27)28)10-18(12-19)21-5-4-8-25(21)2/h4-12H,13-14H2,1-3H3,(H,24,26). The lowest BCUT2D eigenvalue weighted by Gasteiger charge is -2.12. The highest BCUT2D eigenvalue weighted by Gasteiger charge is 2.13. The van der Waals surface area contributed by atoms with Crippen molar-refractivity contribution in [3.8, 4) is 11.3 Å². The molecule has 1 N–H and O–H groups in total. The van der Waals surface area contributed by atoms with Crippen LogP contribution in [0.5, 0.6) is 0 Å². The smallest absolute Gasteiger partial charge is 0.264 e. The summed E-state index contributed by atoms with van der Waals surface area (Å²) in [5.74, 6) is -0.265. The van der Waals surface area contributed by atoms with Gasteiger partial charge in [0.15, 0.2) is 0 Å². The number of hydrogen-bond donors (Lipinski definition) is 1. The Hall–Kier alpha value is -2.61. The molecule has 1 heterocycles. The van der Waals surface area contributed by atoms with E-state index < -0.39 is 10.1 Å². The molecule has 0 unspecified atom stereocenters. The lowest BCUT2D eigenvalue weighted by atomic mass is 10.0. The molecule has 3 aromatic rings. The van der Waals surface area contributed by atoms with Gasteiger partial charge in [-0.3, -0.25) is 8.98 Å². The van der Waals surface area contributed by atoms with Crippen LogP contribution >= 0.6 is 11.6 Å². The number of carbonyl (C=O) groups excluding carboxylic acids is 1. The lowest BCUT2D eigenvalue weighted by molar-refractivity contribution is 0.0950. The van der Waals surface area contributed by atoms with Crippen molar-refractivity contribution in [1.29, 1.82) is 0 Å². The lowest BCUT2D eigenvalue weighted by Crippen LogP contribution is -2.23. The molecule has 0 fully saturated rings. The first-order valence-corrected chi connectivity index (χ1v) is 11.4. The maximum absolute atomic E-state index is 12.8. The van der Waals surface area contributed by atoms with Crippen LogP contribution in [0.15, 0.2) is 54.7 Å². The molecule has 6 nitrogen and oxygen atoms in total. The molecule has 0 aliphatic rings. The second-order valence-electron chi connectivity index (χ2n) is 7.16. The third-order valence-corrected chi connectivity index (χ3v) is 5.58. The van der Waals surface area contributed by atoms with Crippen molar-refractivity contribution >= 4 is 27.6 Å². The summed E-state index contributed by atoms with van der Waals surface area (Å²) >= 11 is 6.05. The quantitative estimate of drug-likeness (QED) is 0.555. The number of benzene rings is 2. The van der Waals surface area contributed by atoms with Gasteiger partial charge in [0.2, 0.25) is 0 Å². The van der Waals surface area contributed by atoms with E-state index in [2.05, 4.69) is 5.32 Å². The van der Waals surface area contributed by atoms with E-state index in [1.54, 1.807) is 18.2 Å². The van der Waals surface area contributed by atoms with Gasteiger partial charge in [-0.05, 0) is 65.6 Å². The van der Waals surface area contributed by atoms with Crippen molar-refractivity contribution < 1.29 is 17.4 Å². The van der Waals surface area contributed by atoms with Gasteiger partial charge in [-0.2, -0.15) is 8.42 Å². The van der Waals surface area contributed by atoms with E-state index in [-0.39, 0.29) is 12.5 Å². The van der Waals surface area contributed by atoms with Crippen LogP contribution < -0.4 is 5.32 Å². The highest BCUT2D eigenvalue weighted by molar-refractivity contribution is 7.85. The van der Waals surface area contributed by atoms with Crippen LogP contribution in [0.4, 0.5) is 0 Å². The third kappa shape index (κ3) is 5.72. The predicted octanol–water partition coefficient (Wildman–Crippen LogP) is 4.06. The number of carbonyl (C=O) groups is 1. The zero-order valence-corrected chi connectivity index (χ0v) is 18.5. The minimum atomic E-state index is -3.60. The monoisotopic (exact) mass is 446 g/mol. The SMILES string of the molecule is Cc1cc(CNC(=O)c2cc(COS(C)(=O)=O)cc(-c3cccn3C)c2)ccc1Cl. The molecule has 0 bridgehead atoms. The summed E-state index contributed by atoms with van der Waals surface area (Å²) < 4.78 is 29.6. The van der Waals surface area contributed by atoms with Crippen molar-refractivity contribution in [2.75, 3.05) is 6.26 Å². The van der Waals surface area contributed by atoms with E-state index in [4.69, 9.17) is 15.8 Å². The fraction of sp³-hybridized carbons (Fsp3) is 0.227. The van der Waals surface area contributed by atoms with Crippen molar-refractivity contribution in [3.63, 3.8) is 0 Å². The molecule has 8 heteroatoms. The highest BCUT2D eigenvalue weighted by atomic mass is 35.5. The maximum Gasteiger partial charge on any atom is 0.264 e. The Morgan fingerprint density at radius 2 is 1.90 bits per heavy atom. The van der Waals surface area contributed by atoms with Gasteiger partial charge in [0.25, 0.3) is 16.0 Å².